The van der Waals surface area contributed by atoms with Crippen molar-refractivity contribution < 1.29 is 27.4 Å². The normalized spacial score (nSPS) is 14.4. The molecule has 1 amide bonds. The van der Waals surface area contributed by atoms with Crippen molar-refractivity contribution in [2.75, 3.05) is 39.7 Å². The van der Waals surface area contributed by atoms with Gasteiger partial charge in [0, 0.05) is 24.3 Å². The van der Waals surface area contributed by atoms with Crippen molar-refractivity contribution in [3.63, 3.8) is 0 Å². The Bertz CT molecular complexity index is 975. The summed E-state index contributed by atoms with van der Waals surface area (Å²) in [5.74, 6) is 0.648. The Balaban J connectivity index is 1.86. The molecule has 0 unspecified atom stereocenters. The third kappa shape index (κ3) is 4.30. The van der Waals surface area contributed by atoms with Crippen LogP contribution in [0.1, 0.15) is 23.2 Å². The van der Waals surface area contributed by atoms with Crippen LogP contribution >= 0.6 is 0 Å². The third-order valence-electron chi connectivity index (χ3n) is 4.72. The molecule has 0 bridgehead atoms. The number of anilines is 1. The predicted octanol–water partition coefficient (Wildman–Crippen LogP) is 2.75. The SMILES string of the molecule is COc1cc(C(=O)Nc2cccc(S(=O)(=O)N3CCCC3)c2)cc(OC)c1OC. The summed E-state index contributed by atoms with van der Waals surface area (Å²) in [5, 5.41) is 2.73. The highest BCUT2D eigenvalue weighted by molar-refractivity contribution is 7.89. The molecular formula is C20H24N2O6S. The van der Waals surface area contributed by atoms with Crippen LogP contribution in [-0.2, 0) is 10.0 Å². The Morgan fingerprint density at radius 2 is 1.59 bits per heavy atom. The largest absolute Gasteiger partial charge is 0.493 e. The molecule has 29 heavy (non-hydrogen) atoms. The van der Waals surface area contributed by atoms with Crippen LogP contribution in [0, 0.1) is 0 Å². The molecule has 1 saturated heterocycles. The van der Waals surface area contributed by atoms with Gasteiger partial charge >= 0.3 is 0 Å². The fraction of sp³-hybridized carbons (Fsp3) is 0.350. The van der Waals surface area contributed by atoms with E-state index >= 15 is 0 Å². The highest BCUT2D eigenvalue weighted by atomic mass is 32.2. The van der Waals surface area contributed by atoms with E-state index in [1.165, 1.54) is 49.9 Å². The van der Waals surface area contributed by atoms with Crippen LogP contribution in [0.3, 0.4) is 0 Å². The van der Waals surface area contributed by atoms with E-state index in [1.54, 1.807) is 12.1 Å². The first kappa shape index (κ1) is 20.9. The lowest BCUT2D eigenvalue weighted by Crippen LogP contribution is -2.27. The van der Waals surface area contributed by atoms with E-state index in [1.807, 2.05) is 0 Å². The van der Waals surface area contributed by atoms with Crippen molar-refractivity contribution in [2.45, 2.75) is 17.7 Å². The lowest BCUT2D eigenvalue weighted by molar-refractivity contribution is 0.102. The van der Waals surface area contributed by atoms with Crippen molar-refractivity contribution in [3.8, 4) is 17.2 Å². The minimum atomic E-state index is -3.57. The third-order valence-corrected chi connectivity index (χ3v) is 6.62. The van der Waals surface area contributed by atoms with Gasteiger partial charge in [0.15, 0.2) is 11.5 Å². The summed E-state index contributed by atoms with van der Waals surface area (Å²) in [6.07, 6.45) is 1.72. The molecule has 8 nitrogen and oxygen atoms in total. The Morgan fingerprint density at radius 1 is 0.966 bits per heavy atom. The molecule has 156 valence electrons. The summed E-state index contributed by atoms with van der Waals surface area (Å²) >= 11 is 0. The van der Waals surface area contributed by atoms with Gasteiger partial charge in [0.05, 0.1) is 26.2 Å². The molecule has 1 fully saturated rings. The van der Waals surface area contributed by atoms with Gasteiger partial charge in [-0.25, -0.2) is 8.42 Å². The fourth-order valence-electron chi connectivity index (χ4n) is 3.23. The maximum Gasteiger partial charge on any atom is 0.255 e. The monoisotopic (exact) mass is 420 g/mol. The molecule has 1 aliphatic heterocycles. The van der Waals surface area contributed by atoms with E-state index in [0.717, 1.165) is 12.8 Å². The number of amides is 1. The van der Waals surface area contributed by atoms with Gasteiger partial charge in [-0.3, -0.25) is 4.79 Å². The second kappa shape index (κ2) is 8.71. The summed E-state index contributed by atoms with van der Waals surface area (Å²) in [4.78, 5) is 12.9. The molecule has 0 aromatic heterocycles. The van der Waals surface area contributed by atoms with Crippen LogP contribution in [0.2, 0.25) is 0 Å². The number of nitrogens with zero attached hydrogens (tertiary/aromatic N) is 1. The molecule has 2 aromatic rings. The Kier molecular flexibility index (Phi) is 6.29. The van der Waals surface area contributed by atoms with Gasteiger partial charge < -0.3 is 19.5 Å². The van der Waals surface area contributed by atoms with Crippen LogP contribution < -0.4 is 19.5 Å². The molecule has 1 aliphatic rings. The number of benzene rings is 2. The second-order valence-corrected chi connectivity index (χ2v) is 8.45. The minimum Gasteiger partial charge on any atom is -0.493 e. The average Bonchev–Trinajstić information content (AvgIpc) is 3.28. The first-order chi connectivity index (χ1) is 13.9. The average molecular weight is 420 g/mol. The number of methoxy groups -OCH3 is 3. The zero-order valence-electron chi connectivity index (χ0n) is 16.6. The lowest BCUT2D eigenvalue weighted by Gasteiger charge is -2.16. The van der Waals surface area contributed by atoms with Crippen molar-refractivity contribution in [1.82, 2.24) is 4.31 Å². The summed E-state index contributed by atoms with van der Waals surface area (Å²) in [6, 6.07) is 9.29. The maximum atomic E-state index is 12.7. The number of sulfonamides is 1. The van der Waals surface area contributed by atoms with E-state index in [4.69, 9.17) is 14.2 Å². The predicted molar refractivity (Wildman–Crippen MR) is 108 cm³/mol. The van der Waals surface area contributed by atoms with Crippen LogP contribution in [0.25, 0.3) is 0 Å². The van der Waals surface area contributed by atoms with E-state index in [-0.39, 0.29) is 10.5 Å². The van der Waals surface area contributed by atoms with Gasteiger partial charge in [0.2, 0.25) is 15.8 Å². The summed E-state index contributed by atoms with van der Waals surface area (Å²) < 4.78 is 42.8. The van der Waals surface area contributed by atoms with Gasteiger partial charge in [0.25, 0.3) is 5.91 Å². The maximum absolute atomic E-state index is 12.7. The highest BCUT2D eigenvalue weighted by Gasteiger charge is 2.27. The van der Waals surface area contributed by atoms with E-state index < -0.39 is 15.9 Å². The molecule has 1 heterocycles. The quantitative estimate of drug-likeness (QED) is 0.740. The minimum absolute atomic E-state index is 0.155. The molecule has 0 radical (unpaired) electrons. The summed E-state index contributed by atoms with van der Waals surface area (Å²) in [7, 11) is 0.840. The van der Waals surface area contributed by atoms with Crippen molar-refractivity contribution in [3.05, 3.63) is 42.0 Å². The fourth-order valence-corrected chi connectivity index (χ4v) is 4.79. The van der Waals surface area contributed by atoms with Crippen molar-refractivity contribution >= 4 is 21.6 Å². The number of ether oxygens (including phenoxy) is 3. The molecule has 2 aromatic carbocycles. The Labute approximate surface area is 170 Å². The molecular weight excluding hydrogens is 396 g/mol. The van der Waals surface area contributed by atoms with Crippen molar-refractivity contribution in [1.29, 1.82) is 0 Å². The van der Waals surface area contributed by atoms with Crippen LogP contribution in [0.5, 0.6) is 17.2 Å². The zero-order valence-corrected chi connectivity index (χ0v) is 17.4. The summed E-state index contributed by atoms with van der Waals surface area (Å²) in [6.45, 7) is 1.04. The van der Waals surface area contributed by atoms with Crippen LogP contribution in [0.4, 0.5) is 5.69 Å². The molecule has 3 rings (SSSR count). The second-order valence-electron chi connectivity index (χ2n) is 6.51. The van der Waals surface area contributed by atoms with Crippen LogP contribution in [0.15, 0.2) is 41.3 Å². The lowest BCUT2D eigenvalue weighted by atomic mass is 10.1. The topological polar surface area (TPSA) is 94.2 Å². The Morgan fingerprint density at radius 3 is 2.14 bits per heavy atom. The van der Waals surface area contributed by atoms with E-state index in [0.29, 0.717) is 36.0 Å². The van der Waals surface area contributed by atoms with E-state index in [9.17, 15) is 13.2 Å². The van der Waals surface area contributed by atoms with E-state index in [2.05, 4.69) is 5.32 Å². The molecule has 0 spiro atoms. The van der Waals surface area contributed by atoms with Gasteiger partial charge in [-0.1, -0.05) is 6.07 Å². The zero-order chi connectivity index (χ0) is 21.0. The molecule has 0 atom stereocenters. The molecule has 9 heteroatoms. The number of carbonyl (C=O) groups excluding carboxylic acids is 1. The van der Waals surface area contributed by atoms with Gasteiger partial charge in [-0.15, -0.1) is 0 Å². The number of nitrogens with one attached hydrogen (secondary N) is 1. The number of hydrogen-bond acceptors (Lipinski definition) is 6. The first-order valence-corrected chi connectivity index (χ1v) is 10.6. The Hall–Kier alpha value is -2.78. The molecule has 1 N–H and O–H groups in total. The number of carbonyl (C=O) groups is 1. The first-order valence-electron chi connectivity index (χ1n) is 9.12. The number of rotatable bonds is 7. The molecule has 0 saturated carbocycles. The number of hydrogen-bond donors (Lipinski definition) is 1. The van der Waals surface area contributed by atoms with Gasteiger partial charge in [-0.2, -0.15) is 4.31 Å². The van der Waals surface area contributed by atoms with Gasteiger partial charge in [0.1, 0.15) is 0 Å². The smallest absolute Gasteiger partial charge is 0.255 e. The molecule has 0 aliphatic carbocycles. The summed E-state index contributed by atoms with van der Waals surface area (Å²) in [5.41, 5.74) is 0.663. The van der Waals surface area contributed by atoms with Crippen molar-refractivity contribution in [2.24, 2.45) is 0 Å². The standard InChI is InChI=1S/C20H24N2O6S/c1-26-17-11-14(12-18(27-2)19(17)28-3)20(23)21-15-7-6-8-16(13-15)29(24,25)22-9-4-5-10-22/h6-8,11-13H,4-5,9-10H2,1-3H3,(H,21,23). The van der Waals surface area contributed by atoms with Crippen LogP contribution in [-0.4, -0.2) is 53.0 Å². The van der Waals surface area contributed by atoms with Gasteiger partial charge in [-0.05, 0) is 43.2 Å². The highest BCUT2D eigenvalue weighted by Crippen LogP contribution is 2.38.